The zero-order valence-electron chi connectivity index (χ0n) is 17.6. The van der Waals surface area contributed by atoms with E-state index in [1.807, 2.05) is 0 Å². The molecule has 0 amide bonds. The Hall–Kier alpha value is -0.720. The molecule has 0 aromatic rings. The molecule has 0 spiro atoms. The number of hydrogen-bond donors (Lipinski definition) is 0. The quantitative estimate of drug-likeness (QED) is 0.157. The summed E-state index contributed by atoms with van der Waals surface area (Å²) in [7, 11) is 0. The summed E-state index contributed by atoms with van der Waals surface area (Å²) < 4.78 is 5.78. The van der Waals surface area contributed by atoms with Gasteiger partial charge in [0.1, 0.15) is 0 Å². The normalized spacial score (nSPS) is 10.8. The molecule has 0 unspecified atom stereocenters. The van der Waals surface area contributed by atoms with E-state index in [1.165, 1.54) is 103 Å². The predicted octanol–water partition coefficient (Wildman–Crippen LogP) is 9.09. The lowest BCUT2D eigenvalue weighted by Crippen LogP contribution is -1.93. The van der Waals surface area contributed by atoms with Crippen LogP contribution in [0.15, 0.2) is 24.7 Å². The molecule has 0 aliphatic carbocycles. The van der Waals surface area contributed by atoms with E-state index >= 15 is 0 Å². The van der Waals surface area contributed by atoms with Crippen LogP contribution >= 0.6 is 0 Å². The molecule has 0 bridgehead atoms. The van der Waals surface area contributed by atoms with Gasteiger partial charge in [-0.3, -0.25) is 0 Å². The first-order valence-electron chi connectivity index (χ1n) is 11.2. The van der Waals surface area contributed by atoms with E-state index < -0.39 is 0 Å². The first kappa shape index (κ1) is 24.3. The molecule has 0 aromatic heterocycles. The fraction of sp³-hybridized carbons (Fsp3) is 0.833. The summed E-state index contributed by atoms with van der Waals surface area (Å²) in [6, 6.07) is 0. The van der Waals surface area contributed by atoms with E-state index in [-0.39, 0.29) is 0 Å². The third kappa shape index (κ3) is 19.5. The van der Waals surface area contributed by atoms with Gasteiger partial charge in [0.15, 0.2) is 0 Å². The molecule has 0 radical (unpaired) electrons. The maximum absolute atomic E-state index is 5.78. The fourth-order valence-electron chi connectivity index (χ4n) is 3.22. The van der Waals surface area contributed by atoms with Crippen LogP contribution in [0, 0.1) is 0 Å². The number of unbranched alkanes of at least 4 members (excludes halogenated alkanes) is 14. The SMILES string of the molecule is C=C(CCCCCCCCCC)OC(=C)CCCCCCCCCC. The lowest BCUT2D eigenvalue weighted by atomic mass is 10.1. The summed E-state index contributed by atoms with van der Waals surface area (Å²) in [6.45, 7) is 12.7. The van der Waals surface area contributed by atoms with Crippen molar-refractivity contribution in [1.29, 1.82) is 0 Å². The van der Waals surface area contributed by atoms with Crippen molar-refractivity contribution in [3.8, 4) is 0 Å². The molecule has 1 nitrogen and oxygen atoms in total. The van der Waals surface area contributed by atoms with Crippen molar-refractivity contribution in [3.05, 3.63) is 24.7 Å². The summed E-state index contributed by atoms with van der Waals surface area (Å²) in [4.78, 5) is 0. The maximum Gasteiger partial charge on any atom is 0.0964 e. The molecule has 25 heavy (non-hydrogen) atoms. The van der Waals surface area contributed by atoms with Gasteiger partial charge in [0.05, 0.1) is 11.5 Å². The van der Waals surface area contributed by atoms with Crippen LogP contribution in [0.1, 0.15) is 129 Å². The van der Waals surface area contributed by atoms with Crippen LogP contribution in [-0.2, 0) is 4.74 Å². The Bertz CT molecular complexity index is 275. The third-order valence-corrected chi connectivity index (χ3v) is 4.91. The van der Waals surface area contributed by atoms with Crippen molar-refractivity contribution in [2.75, 3.05) is 0 Å². The molecule has 148 valence electrons. The van der Waals surface area contributed by atoms with Gasteiger partial charge in [0, 0.05) is 12.8 Å². The summed E-state index contributed by atoms with van der Waals surface area (Å²) in [5.74, 6) is 1.83. The lowest BCUT2D eigenvalue weighted by molar-refractivity contribution is 0.274. The minimum absolute atomic E-state index is 0.913. The lowest BCUT2D eigenvalue weighted by Gasteiger charge is -2.11. The number of hydrogen-bond acceptors (Lipinski definition) is 1. The number of ether oxygens (including phenoxy) is 1. The molecule has 0 aromatic carbocycles. The van der Waals surface area contributed by atoms with E-state index in [1.54, 1.807) is 0 Å². The standard InChI is InChI=1S/C24H46O/c1-5-7-9-11-13-15-17-19-21-23(3)25-24(4)22-20-18-16-14-12-10-8-6-2/h3-22H2,1-2H3. The molecule has 0 saturated heterocycles. The summed E-state index contributed by atoms with van der Waals surface area (Å²) >= 11 is 0. The van der Waals surface area contributed by atoms with Crippen molar-refractivity contribution >= 4 is 0 Å². The Morgan fingerprint density at radius 3 is 1.08 bits per heavy atom. The second-order valence-electron chi connectivity index (χ2n) is 7.63. The first-order chi connectivity index (χ1) is 12.2. The van der Waals surface area contributed by atoms with Gasteiger partial charge in [-0.15, -0.1) is 0 Å². The molecular weight excluding hydrogens is 304 g/mol. The second kappa shape index (κ2) is 19.6. The van der Waals surface area contributed by atoms with Crippen LogP contribution in [-0.4, -0.2) is 0 Å². The summed E-state index contributed by atoms with van der Waals surface area (Å²) in [6.07, 6.45) is 23.6. The van der Waals surface area contributed by atoms with Crippen LogP contribution in [0.3, 0.4) is 0 Å². The Labute approximate surface area is 159 Å². The largest absolute Gasteiger partial charge is 0.467 e. The van der Waals surface area contributed by atoms with Crippen LogP contribution < -0.4 is 0 Å². The highest BCUT2D eigenvalue weighted by Gasteiger charge is 2.01. The van der Waals surface area contributed by atoms with Crippen molar-refractivity contribution in [2.24, 2.45) is 0 Å². The fourth-order valence-corrected chi connectivity index (χ4v) is 3.22. The van der Waals surface area contributed by atoms with Crippen LogP contribution in [0.5, 0.6) is 0 Å². The summed E-state index contributed by atoms with van der Waals surface area (Å²) in [5, 5.41) is 0. The van der Waals surface area contributed by atoms with Gasteiger partial charge < -0.3 is 4.74 Å². The van der Waals surface area contributed by atoms with Crippen LogP contribution in [0.4, 0.5) is 0 Å². The maximum atomic E-state index is 5.78. The molecule has 0 rings (SSSR count). The molecule has 1 heteroatoms. The van der Waals surface area contributed by atoms with Crippen molar-refractivity contribution < 1.29 is 4.74 Å². The molecule has 0 fully saturated rings. The highest BCUT2D eigenvalue weighted by Crippen LogP contribution is 2.18. The van der Waals surface area contributed by atoms with Gasteiger partial charge in [-0.1, -0.05) is 117 Å². The molecule has 0 N–H and O–H groups in total. The molecule has 0 aliphatic rings. The summed E-state index contributed by atoms with van der Waals surface area (Å²) in [5.41, 5.74) is 0. The van der Waals surface area contributed by atoms with Gasteiger partial charge in [-0.25, -0.2) is 0 Å². The molecular formula is C24H46O. The number of rotatable bonds is 20. The second-order valence-corrected chi connectivity index (χ2v) is 7.63. The minimum Gasteiger partial charge on any atom is -0.467 e. The molecule has 0 aliphatic heterocycles. The first-order valence-corrected chi connectivity index (χ1v) is 11.2. The molecule has 0 heterocycles. The minimum atomic E-state index is 0.913. The highest BCUT2D eigenvalue weighted by molar-refractivity contribution is 4.93. The van der Waals surface area contributed by atoms with Crippen molar-refractivity contribution in [3.63, 3.8) is 0 Å². The van der Waals surface area contributed by atoms with Gasteiger partial charge >= 0.3 is 0 Å². The molecule has 0 atom stereocenters. The molecule has 0 saturated carbocycles. The van der Waals surface area contributed by atoms with E-state index in [4.69, 9.17) is 4.74 Å². The van der Waals surface area contributed by atoms with Gasteiger partial charge in [-0.2, -0.15) is 0 Å². The zero-order valence-corrected chi connectivity index (χ0v) is 17.6. The van der Waals surface area contributed by atoms with Crippen LogP contribution in [0.2, 0.25) is 0 Å². The van der Waals surface area contributed by atoms with Crippen molar-refractivity contribution in [2.45, 2.75) is 129 Å². The smallest absolute Gasteiger partial charge is 0.0964 e. The van der Waals surface area contributed by atoms with Crippen molar-refractivity contribution in [1.82, 2.24) is 0 Å². The average Bonchev–Trinajstić information content (AvgIpc) is 2.59. The van der Waals surface area contributed by atoms with E-state index in [9.17, 15) is 0 Å². The Kier molecular flexibility index (Phi) is 19.0. The average molecular weight is 351 g/mol. The van der Waals surface area contributed by atoms with Gasteiger partial charge in [-0.05, 0) is 12.8 Å². The van der Waals surface area contributed by atoms with Gasteiger partial charge in [0.2, 0.25) is 0 Å². The monoisotopic (exact) mass is 350 g/mol. The van der Waals surface area contributed by atoms with E-state index in [2.05, 4.69) is 27.0 Å². The zero-order chi connectivity index (χ0) is 18.6. The van der Waals surface area contributed by atoms with Crippen LogP contribution in [0.25, 0.3) is 0 Å². The Balaban J connectivity index is 3.34. The highest BCUT2D eigenvalue weighted by atomic mass is 16.5. The topological polar surface area (TPSA) is 9.23 Å². The van der Waals surface area contributed by atoms with E-state index in [0.717, 1.165) is 24.4 Å². The Morgan fingerprint density at radius 2 is 0.760 bits per heavy atom. The third-order valence-electron chi connectivity index (χ3n) is 4.91. The Morgan fingerprint density at radius 1 is 0.480 bits per heavy atom. The number of allylic oxidation sites excluding steroid dienone is 2. The van der Waals surface area contributed by atoms with E-state index in [0.29, 0.717) is 0 Å². The van der Waals surface area contributed by atoms with Gasteiger partial charge in [0.25, 0.3) is 0 Å². The predicted molar refractivity (Wildman–Crippen MR) is 114 cm³/mol.